The fourth-order valence-corrected chi connectivity index (χ4v) is 1.76. The van der Waals surface area contributed by atoms with Crippen LogP contribution in [-0.4, -0.2) is 0 Å². The van der Waals surface area contributed by atoms with E-state index in [9.17, 15) is 8.78 Å². The Kier molecular flexibility index (Phi) is 3.69. The van der Waals surface area contributed by atoms with Crippen LogP contribution in [0.4, 0.5) is 14.5 Å². The smallest absolute Gasteiger partial charge is 0.132 e. The van der Waals surface area contributed by atoms with Gasteiger partial charge >= 0.3 is 0 Å². The first-order valence-corrected chi connectivity index (χ1v) is 5.91. The lowest BCUT2D eigenvalue weighted by molar-refractivity contribution is 0.297. The molecule has 0 aliphatic heterocycles. The molecular weight excluding hydrogens is 248 g/mol. The molecule has 2 N–H and O–H groups in total. The molecule has 0 unspecified atom stereocenters. The Hall–Kier alpha value is -2.10. The van der Waals surface area contributed by atoms with Gasteiger partial charge < -0.3 is 10.5 Å². The maximum absolute atomic E-state index is 13.5. The summed E-state index contributed by atoms with van der Waals surface area (Å²) in [6.07, 6.45) is 0. The van der Waals surface area contributed by atoms with Gasteiger partial charge in [0.05, 0.1) is 0 Å². The molecular formula is C15H15F2NO. The lowest BCUT2D eigenvalue weighted by Crippen LogP contribution is -2.01. The van der Waals surface area contributed by atoms with Crippen LogP contribution in [0.1, 0.15) is 16.7 Å². The molecule has 0 amide bonds. The van der Waals surface area contributed by atoms with Crippen LogP contribution in [0, 0.1) is 25.5 Å². The highest BCUT2D eigenvalue weighted by Gasteiger charge is 2.07. The lowest BCUT2D eigenvalue weighted by atomic mass is 10.1. The summed E-state index contributed by atoms with van der Waals surface area (Å²) in [4.78, 5) is 0. The van der Waals surface area contributed by atoms with Gasteiger partial charge in [0.25, 0.3) is 0 Å². The fraction of sp³-hybridized carbons (Fsp3) is 0.200. The molecule has 0 heterocycles. The van der Waals surface area contributed by atoms with Gasteiger partial charge in [0.2, 0.25) is 0 Å². The summed E-state index contributed by atoms with van der Waals surface area (Å²) in [5.41, 5.74) is 8.57. The number of anilines is 1. The van der Waals surface area contributed by atoms with Gasteiger partial charge in [0, 0.05) is 17.3 Å². The Balaban J connectivity index is 2.16. The minimum Gasteiger partial charge on any atom is -0.489 e. The van der Waals surface area contributed by atoms with Gasteiger partial charge in [0.15, 0.2) is 0 Å². The molecule has 2 aromatic rings. The maximum Gasteiger partial charge on any atom is 0.132 e. The van der Waals surface area contributed by atoms with Crippen LogP contribution in [0.15, 0.2) is 30.3 Å². The van der Waals surface area contributed by atoms with E-state index >= 15 is 0 Å². The van der Waals surface area contributed by atoms with E-state index in [0.29, 0.717) is 17.0 Å². The number of rotatable bonds is 3. The van der Waals surface area contributed by atoms with E-state index in [1.165, 1.54) is 12.1 Å². The Labute approximate surface area is 110 Å². The van der Waals surface area contributed by atoms with E-state index in [-0.39, 0.29) is 6.61 Å². The number of nitrogen functional groups attached to an aromatic ring is 1. The third-order valence-electron chi connectivity index (χ3n) is 2.96. The van der Waals surface area contributed by atoms with Crippen LogP contribution < -0.4 is 10.5 Å². The predicted molar refractivity (Wildman–Crippen MR) is 71.0 cm³/mol. The van der Waals surface area contributed by atoms with E-state index in [2.05, 4.69) is 0 Å². The summed E-state index contributed by atoms with van der Waals surface area (Å²) in [7, 11) is 0. The van der Waals surface area contributed by atoms with Crippen molar-refractivity contribution in [3.63, 3.8) is 0 Å². The van der Waals surface area contributed by atoms with E-state index < -0.39 is 11.6 Å². The Morgan fingerprint density at radius 3 is 2.47 bits per heavy atom. The van der Waals surface area contributed by atoms with Crippen molar-refractivity contribution in [3.8, 4) is 5.75 Å². The number of hydrogen-bond donors (Lipinski definition) is 1. The van der Waals surface area contributed by atoms with E-state index in [4.69, 9.17) is 10.5 Å². The van der Waals surface area contributed by atoms with Crippen molar-refractivity contribution in [2.45, 2.75) is 20.5 Å². The topological polar surface area (TPSA) is 35.2 Å². The van der Waals surface area contributed by atoms with Crippen molar-refractivity contribution in [1.82, 2.24) is 0 Å². The molecule has 2 rings (SSSR count). The fourth-order valence-electron chi connectivity index (χ4n) is 1.76. The van der Waals surface area contributed by atoms with Crippen LogP contribution in [0.2, 0.25) is 0 Å². The van der Waals surface area contributed by atoms with Gasteiger partial charge in [-0.25, -0.2) is 8.78 Å². The van der Waals surface area contributed by atoms with Gasteiger partial charge in [-0.15, -0.1) is 0 Å². The maximum atomic E-state index is 13.5. The van der Waals surface area contributed by atoms with Crippen LogP contribution in [0.25, 0.3) is 0 Å². The normalized spacial score (nSPS) is 10.5. The van der Waals surface area contributed by atoms with Crippen LogP contribution >= 0.6 is 0 Å². The molecule has 0 spiro atoms. The minimum atomic E-state index is -0.607. The number of halogens is 2. The second-order valence-corrected chi connectivity index (χ2v) is 4.50. The third kappa shape index (κ3) is 3.02. The minimum absolute atomic E-state index is 0.0519. The number of benzene rings is 2. The molecule has 2 aromatic carbocycles. The third-order valence-corrected chi connectivity index (χ3v) is 2.96. The molecule has 0 aromatic heterocycles. The number of nitrogens with two attached hydrogens (primary N) is 1. The number of ether oxygens (including phenoxy) is 1. The molecule has 0 fully saturated rings. The second kappa shape index (κ2) is 5.26. The molecule has 2 nitrogen and oxygen atoms in total. The van der Waals surface area contributed by atoms with E-state index in [1.807, 2.05) is 26.0 Å². The number of hydrogen-bond acceptors (Lipinski definition) is 2. The first-order valence-electron chi connectivity index (χ1n) is 5.91. The molecule has 0 aliphatic rings. The summed E-state index contributed by atoms with van der Waals surface area (Å²) in [6, 6.07) is 7.06. The first kappa shape index (κ1) is 13.3. The monoisotopic (exact) mass is 263 g/mol. The van der Waals surface area contributed by atoms with E-state index in [1.54, 1.807) is 0 Å². The zero-order chi connectivity index (χ0) is 14.0. The summed E-state index contributed by atoms with van der Waals surface area (Å²) in [5, 5.41) is 0. The lowest BCUT2D eigenvalue weighted by Gasteiger charge is -2.12. The Morgan fingerprint density at radius 1 is 1.05 bits per heavy atom. The quantitative estimate of drug-likeness (QED) is 0.856. The molecule has 0 atom stereocenters. The Morgan fingerprint density at radius 2 is 1.79 bits per heavy atom. The zero-order valence-corrected chi connectivity index (χ0v) is 10.8. The molecule has 0 saturated heterocycles. The highest BCUT2D eigenvalue weighted by Crippen LogP contribution is 2.25. The highest BCUT2D eigenvalue weighted by atomic mass is 19.1. The van der Waals surface area contributed by atoms with Crippen LogP contribution in [0.3, 0.4) is 0 Å². The van der Waals surface area contributed by atoms with Gasteiger partial charge in [-0.3, -0.25) is 0 Å². The summed E-state index contributed by atoms with van der Waals surface area (Å²) >= 11 is 0. The summed E-state index contributed by atoms with van der Waals surface area (Å²) in [5.74, 6) is -0.555. The van der Waals surface area contributed by atoms with Crippen LogP contribution in [-0.2, 0) is 6.61 Å². The predicted octanol–water partition coefficient (Wildman–Crippen LogP) is 3.74. The molecule has 19 heavy (non-hydrogen) atoms. The average Bonchev–Trinajstić information content (AvgIpc) is 2.34. The first-order chi connectivity index (χ1) is 8.97. The van der Waals surface area contributed by atoms with Crippen LogP contribution in [0.5, 0.6) is 5.75 Å². The molecule has 4 heteroatoms. The van der Waals surface area contributed by atoms with Gasteiger partial charge in [-0.05, 0) is 49.2 Å². The van der Waals surface area contributed by atoms with Gasteiger partial charge in [0.1, 0.15) is 24.0 Å². The second-order valence-electron chi connectivity index (χ2n) is 4.50. The number of aryl methyl sites for hydroxylation is 2. The van der Waals surface area contributed by atoms with Crippen molar-refractivity contribution < 1.29 is 13.5 Å². The van der Waals surface area contributed by atoms with Gasteiger partial charge in [-0.2, -0.15) is 0 Å². The van der Waals surface area contributed by atoms with E-state index in [0.717, 1.165) is 17.2 Å². The highest BCUT2D eigenvalue weighted by molar-refractivity contribution is 5.53. The largest absolute Gasteiger partial charge is 0.489 e. The summed E-state index contributed by atoms with van der Waals surface area (Å²) < 4.78 is 31.8. The summed E-state index contributed by atoms with van der Waals surface area (Å²) in [6.45, 7) is 3.79. The van der Waals surface area contributed by atoms with Crippen molar-refractivity contribution in [1.29, 1.82) is 0 Å². The molecule has 0 bridgehead atoms. The molecule has 100 valence electrons. The molecule has 0 radical (unpaired) electrons. The average molecular weight is 263 g/mol. The van der Waals surface area contributed by atoms with Crippen molar-refractivity contribution in [2.75, 3.05) is 5.73 Å². The van der Waals surface area contributed by atoms with Crippen molar-refractivity contribution in [3.05, 3.63) is 58.7 Å². The van der Waals surface area contributed by atoms with Crippen molar-refractivity contribution >= 4 is 5.69 Å². The molecule has 0 aliphatic carbocycles. The molecule has 0 saturated carbocycles. The zero-order valence-electron chi connectivity index (χ0n) is 10.8. The van der Waals surface area contributed by atoms with Crippen molar-refractivity contribution in [2.24, 2.45) is 0 Å². The van der Waals surface area contributed by atoms with Gasteiger partial charge in [-0.1, -0.05) is 0 Å². The Bertz CT molecular complexity index is 611. The SMILES string of the molecule is Cc1cc(OCc2ccc(F)cc2F)c(C)cc1N. The standard InChI is InChI=1S/C15H15F2NO/c1-9-6-15(10(2)5-14(9)18)19-8-11-3-4-12(16)7-13(11)17/h3-7H,8,18H2,1-2H3.